The maximum absolute atomic E-state index is 11.1. The lowest BCUT2D eigenvalue weighted by molar-refractivity contribution is 0.246. The van der Waals surface area contributed by atoms with Gasteiger partial charge in [-0.3, -0.25) is 0 Å². The van der Waals surface area contributed by atoms with E-state index in [0.29, 0.717) is 10.9 Å². The van der Waals surface area contributed by atoms with Gasteiger partial charge in [0.15, 0.2) is 0 Å². The maximum Gasteiger partial charge on any atom is 0.312 e. The monoisotopic (exact) mass is 405 g/mol. The molecule has 6 nitrogen and oxygen atoms in total. The van der Waals surface area contributed by atoms with Crippen LogP contribution in [-0.2, 0) is 0 Å². The summed E-state index contributed by atoms with van der Waals surface area (Å²) >= 11 is 1.44. The van der Waals surface area contributed by atoms with Crippen molar-refractivity contribution >= 4 is 27.6 Å². The number of benzene rings is 3. The molecule has 0 aliphatic heterocycles. The van der Waals surface area contributed by atoms with E-state index in [0.717, 1.165) is 27.3 Å². The van der Waals surface area contributed by atoms with Gasteiger partial charge < -0.3 is 20.5 Å². The van der Waals surface area contributed by atoms with Gasteiger partial charge in [-0.25, -0.2) is 9.78 Å². The van der Waals surface area contributed by atoms with E-state index in [1.807, 2.05) is 79.7 Å². The number of hydrogen-bond donors (Lipinski definition) is 2. The summed E-state index contributed by atoms with van der Waals surface area (Å²) < 4.78 is 12.7. The van der Waals surface area contributed by atoms with Gasteiger partial charge in [0.05, 0.1) is 16.3 Å². The molecule has 0 aliphatic carbocycles. The average molecular weight is 405 g/mol. The molecule has 1 unspecified atom stereocenters. The van der Waals surface area contributed by atoms with E-state index in [1.165, 1.54) is 11.3 Å². The second-order valence-electron chi connectivity index (χ2n) is 6.43. The molecular formula is C22H19N3O3S. The molecule has 0 bridgehead atoms. The van der Waals surface area contributed by atoms with E-state index in [-0.39, 0.29) is 6.04 Å². The van der Waals surface area contributed by atoms with Crippen LogP contribution in [0.15, 0.2) is 72.8 Å². The van der Waals surface area contributed by atoms with E-state index >= 15 is 0 Å². The molecule has 3 N–H and O–H groups in total. The second-order valence-corrected chi connectivity index (χ2v) is 7.42. The number of rotatable bonds is 6. The Hall–Kier alpha value is -3.58. The Kier molecular flexibility index (Phi) is 5.31. The van der Waals surface area contributed by atoms with E-state index in [1.54, 1.807) is 0 Å². The summed E-state index contributed by atoms with van der Waals surface area (Å²) in [6.45, 7) is 1.88. The summed E-state index contributed by atoms with van der Waals surface area (Å²) in [5, 5.41) is 3.22. The number of aromatic nitrogens is 1. The molecule has 0 fully saturated rings. The van der Waals surface area contributed by atoms with Crippen molar-refractivity contribution in [2.24, 2.45) is 5.73 Å². The minimum atomic E-state index is -0.550. The van der Waals surface area contributed by atoms with Gasteiger partial charge in [0.1, 0.15) is 17.2 Å². The Morgan fingerprint density at radius 1 is 0.966 bits per heavy atom. The van der Waals surface area contributed by atoms with Crippen LogP contribution in [0.2, 0.25) is 0 Å². The first-order valence-corrected chi connectivity index (χ1v) is 9.86. The molecule has 0 aliphatic rings. The topological polar surface area (TPSA) is 86.5 Å². The van der Waals surface area contributed by atoms with Crippen molar-refractivity contribution in [1.29, 1.82) is 0 Å². The van der Waals surface area contributed by atoms with Gasteiger partial charge in [-0.2, -0.15) is 0 Å². The highest BCUT2D eigenvalue weighted by Gasteiger charge is 2.11. The zero-order chi connectivity index (χ0) is 20.2. The zero-order valence-corrected chi connectivity index (χ0v) is 16.5. The van der Waals surface area contributed by atoms with Crippen LogP contribution in [0.3, 0.4) is 0 Å². The number of urea groups is 1. The molecule has 0 spiro atoms. The number of ether oxygens (including phenoxy) is 2. The van der Waals surface area contributed by atoms with Crippen LogP contribution in [0.1, 0.15) is 18.5 Å². The van der Waals surface area contributed by atoms with Crippen molar-refractivity contribution in [3.8, 4) is 22.4 Å². The molecule has 146 valence electrons. The Bertz CT molecular complexity index is 1130. The summed E-state index contributed by atoms with van der Waals surface area (Å²) in [5.41, 5.74) is 6.99. The summed E-state index contributed by atoms with van der Waals surface area (Å²) in [6.07, 6.45) is 0. The molecular weight excluding hydrogens is 386 g/mol. The first-order valence-electron chi connectivity index (χ1n) is 9.04. The molecule has 2 amide bonds. The van der Waals surface area contributed by atoms with Gasteiger partial charge >= 0.3 is 6.03 Å². The highest BCUT2D eigenvalue weighted by atomic mass is 32.1. The number of nitrogens with two attached hydrogens (primary N) is 1. The molecule has 3 aromatic carbocycles. The smallest absolute Gasteiger partial charge is 0.312 e. The van der Waals surface area contributed by atoms with Crippen LogP contribution in [-0.4, -0.2) is 11.0 Å². The zero-order valence-electron chi connectivity index (χ0n) is 15.7. The molecule has 0 saturated carbocycles. The third kappa shape index (κ3) is 4.64. The van der Waals surface area contributed by atoms with Crippen LogP contribution in [0.25, 0.3) is 10.2 Å². The number of nitrogens with one attached hydrogen (secondary N) is 1. The largest absolute Gasteiger partial charge is 0.457 e. The fourth-order valence-electron chi connectivity index (χ4n) is 2.83. The number of carbonyl (C=O) groups is 1. The number of amides is 2. The average Bonchev–Trinajstić information content (AvgIpc) is 3.11. The fraction of sp³-hybridized carbons (Fsp3) is 0.0909. The van der Waals surface area contributed by atoms with E-state index in [9.17, 15) is 4.79 Å². The van der Waals surface area contributed by atoms with E-state index in [4.69, 9.17) is 15.2 Å². The highest BCUT2D eigenvalue weighted by Crippen LogP contribution is 2.33. The van der Waals surface area contributed by atoms with Gasteiger partial charge in [0.2, 0.25) is 0 Å². The van der Waals surface area contributed by atoms with Gasteiger partial charge in [-0.1, -0.05) is 35.6 Å². The molecule has 0 saturated heterocycles. The third-order valence-corrected chi connectivity index (χ3v) is 5.16. The van der Waals surface area contributed by atoms with Gasteiger partial charge in [0.25, 0.3) is 5.19 Å². The number of fused-ring (bicyclic) bond motifs is 1. The summed E-state index contributed by atoms with van der Waals surface area (Å²) in [5.74, 6) is 2.19. The number of hydrogen-bond acceptors (Lipinski definition) is 5. The maximum atomic E-state index is 11.1. The summed E-state index contributed by atoms with van der Waals surface area (Å²) in [7, 11) is 0. The van der Waals surface area contributed by atoms with E-state index in [2.05, 4.69) is 10.3 Å². The van der Waals surface area contributed by atoms with Crippen LogP contribution in [0.4, 0.5) is 4.79 Å². The Balaban J connectivity index is 1.46. The predicted molar refractivity (Wildman–Crippen MR) is 114 cm³/mol. The van der Waals surface area contributed by atoms with Crippen LogP contribution in [0.5, 0.6) is 22.4 Å². The van der Waals surface area contributed by atoms with Crippen molar-refractivity contribution in [3.05, 3.63) is 78.4 Å². The number of primary amides is 1. The molecule has 7 heteroatoms. The van der Waals surface area contributed by atoms with E-state index < -0.39 is 6.03 Å². The molecule has 0 radical (unpaired) electrons. The lowest BCUT2D eigenvalue weighted by atomic mass is 10.1. The SMILES string of the molecule is CC(NC(N)=O)c1ccc2nc(Oc3ccc(Oc4ccccc4)cc3)sc2c1. The number of thiazole rings is 1. The number of para-hydroxylation sites is 1. The third-order valence-electron chi connectivity index (χ3n) is 4.26. The second kappa shape index (κ2) is 8.20. The molecule has 29 heavy (non-hydrogen) atoms. The minimum Gasteiger partial charge on any atom is -0.457 e. The lowest BCUT2D eigenvalue weighted by Crippen LogP contribution is -2.31. The van der Waals surface area contributed by atoms with Gasteiger partial charge in [-0.05, 0) is 61.0 Å². The Morgan fingerprint density at radius 2 is 1.62 bits per heavy atom. The Morgan fingerprint density at radius 3 is 2.31 bits per heavy atom. The van der Waals surface area contributed by atoms with Crippen molar-refractivity contribution in [1.82, 2.24) is 10.3 Å². The molecule has 4 aromatic rings. The van der Waals surface area contributed by atoms with Gasteiger partial charge in [-0.15, -0.1) is 0 Å². The fourth-order valence-corrected chi connectivity index (χ4v) is 3.71. The summed E-state index contributed by atoms with van der Waals surface area (Å²) in [4.78, 5) is 15.6. The number of carbonyl (C=O) groups excluding carboxylic acids is 1. The lowest BCUT2D eigenvalue weighted by Gasteiger charge is -2.11. The highest BCUT2D eigenvalue weighted by molar-refractivity contribution is 7.20. The predicted octanol–water partition coefficient (Wildman–Crippen LogP) is 5.61. The van der Waals surface area contributed by atoms with Gasteiger partial charge in [0, 0.05) is 0 Å². The van der Waals surface area contributed by atoms with Crippen molar-refractivity contribution in [2.75, 3.05) is 0 Å². The van der Waals surface area contributed by atoms with Crippen molar-refractivity contribution in [2.45, 2.75) is 13.0 Å². The minimum absolute atomic E-state index is 0.180. The quantitative estimate of drug-likeness (QED) is 0.436. The molecule has 1 aromatic heterocycles. The standard InChI is InChI=1S/C22H19N3O3S/c1-14(24-21(23)26)15-7-12-19-20(13-15)29-22(25-19)28-18-10-8-17(9-11-18)27-16-5-3-2-4-6-16/h2-14H,1H3,(H3,23,24,26). The molecule has 4 rings (SSSR count). The summed E-state index contributed by atoms with van der Waals surface area (Å²) in [6, 6.07) is 22.1. The normalized spacial score (nSPS) is 11.8. The molecule has 1 atom stereocenters. The molecule has 1 heterocycles. The first kappa shape index (κ1) is 18.8. The number of nitrogens with zero attached hydrogens (tertiary/aromatic N) is 1. The van der Waals surface area contributed by atoms with Crippen LogP contribution < -0.4 is 20.5 Å². The van der Waals surface area contributed by atoms with Crippen LogP contribution in [0, 0.1) is 0 Å². The first-order chi connectivity index (χ1) is 14.1. The van der Waals surface area contributed by atoms with Crippen molar-refractivity contribution in [3.63, 3.8) is 0 Å². The Labute approximate surface area is 171 Å². The van der Waals surface area contributed by atoms with Crippen LogP contribution >= 0.6 is 11.3 Å². The van der Waals surface area contributed by atoms with Crippen molar-refractivity contribution < 1.29 is 14.3 Å².